The van der Waals surface area contributed by atoms with Gasteiger partial charge in [-0.25, -0.2) is 0 Å². The standard InChI is InChI=1S/C21H26ClN3O/c1-15-6-4-9-20(16(15)2)25-12-10-24(11-13-25)17(3)21(26)23-19-8-5-7-18(22)14-19/h4-9,14,17H,10-13H2,1-3H3,(H,23,26)/t17-/m1/s1. The molecule has 0 bridgehead atoms. The third-order valence-electron chi connectivity index (χ3n) is 5.25. The summed E-state index contributed by atoms with van der Waals surface area (Å²) >= 11 is 5.99. The Hall–Kier alpha value is -2.04. The smallest absolute Gasteiger partial charge is 0.241 e. The molecule has 1 saturated heterocycles. The summed E-state index contributed by atoms with van der Waals surface area (Å²) in [4.78, 5) is 17.2. The molecule has 0 spiro atoms. The average Bonchev–Trinajstić information content (AvgIpc) is 2.63. The Morgan fingerprint density at radius 2 is 1.77 bits per heavy atom. The van der Waals surface area contributed by atoms with E-state index in [1.807, 2.05) is 19.1 Å². The Bertz CT molecular complexity index is 785. The topological polar surface area (TPSA) is 35.6 Å². The highest BCUT2D eigenvalue weighted by Gasteiger charge is 2.26. The van der Waals surface area contributed by atoms with Crippen LogP contribution in [-0.4, -0.2) is 43.0 Å². The van der Waals surface area contributed by atoms with E-state index in [1.165, 1.54) is 16.8 Å². The highest BCUT2D eigenvalue weighted by molar-refractivity contribution is 6.30. The molecular weight excluding hydrogens is 346 g/mol. The van der Waals surface area contributed by atoms with Crippen LogP contribution in [-0.2, 0) is 4.79 Å². The van der Waals surface area contributed by atoms with E-state index in [0.29, 0.717) is 5.02 Å². The molecule has 1 N–H and O–H groups in total. The van der Waals surface area contributed by atoms with Crippen molar-refractivity contribution in [2.75, 3.05) is 36.4 Å². The predicted molar refractivity (Wildman–Crippen MR) is 109 cm³/mol. The zero-order valence-corrected chi connectivity index (χ0v) is 16.4. The van der Waals surface area contributed by atoms with Crippen molar-refractivity contribution in [3.05, 3.63) is 58.6 Å². The van der Waals surface area contributed by atoms with Crippen molar-refractivity contribution in [2.24, 2.45) is 0 Å². The van der Waals surface area contributed by atoms with E-state index >= 15 is 0 Å². The monoisotopic (exact) mass is 371 g/mol. The van der Waals surface area contributed by atoms with Gasteiger partial charge in [0.2, 0.25) is 5.91 Å². The molecule has 0 unspecified atom stereocenters. The summed E-state index contributed by atoms with van der Waals surface area (Å²) in [5.41, 5.74) is 4.70. The number of hydrogen-bond acceptors (Lipinski definition) is 3. The molecule has 1 atom stereocenters. The number of carbonyl (C=O) groups is 1. The first kappa shape index (κ1) is 18.7. The van der Waals surface area contributed by atoms with Gasteiger partial charge in [-0.2, -0.15) is 0 Å². The first-order chi connectivity index (χ1) is 12.5. The number of benzene rings is 2. The summed E-state index contributed by atoms with van der Waals surface area (Å²) in [7, 11) is 0. The number of nitrogens with one attached hydrogen (secondary N) is 1. The highest BCUT2D eigenvalue weighted by atomic mass is 35.5. The SMILES string of the molecule is Cc1cccc(N2CCN([C@H](C)C(=O)Nc3cccc(Cl)c3)CC2)c1C. The van der Waals surface area contributed by atoms with E-state index in [4.69, 9.17) is 11.6 Å². The van der Waals surface area contributed by atoms with Crippen LogP contribution in [0.25, 0.3) is 0 Å². The molecule has 0 saturated carbocycles. The van der Waals surface area contributed by atoms with Crippen LogP contribution in [0.15, 0.2) is 42.5 Å². The molecule has 4 nitrogen and oxygen atoms in total. The van der Waals surface area contributed by atoms with Crippen molar-refractivity contribution in [1.82, 2.24) is 4.90 Å². The Morgan fingerprint density at radius 1 is 1.08 bits per heavy atom. The lowest BCUT2D eigenvalue weighted by atomic mass is 10.1. The third kappa shape index (κ3) is 4.19. The molecular formula is C21H26ClN3O. The van der Waals surface area contributed by atoms with Gasteiger partial charge in [-0.3, -0.25) is 9.69 Å². The molecule has 1 aliphatic heterocycles. The van der Waals surface area contributed by atoms with Gasteiger partial charge in [0.15, 0.2) is 0 Å². The maximum absolute atomic E-state index is 12.6. The molecule has 0 aliphatic carbocycles. The lowest BCUT2D eigenvalue weighted by molar-refractivity contribution is -0.120. The van der Waals surface area contributed by atoms with Crippen LogP contribution < -0.4 is 10.2 Å². The zero-order valence-electron chi connectivity index (χ0n) is 15.6. The van der Waals surface area contributed by atoms with E-state index in [0.717, 1.165) is 31.9 Å². The summed E-state index contributed by atoms with van der Waals surface area (Å²) < 4.78 is 0. The fourth-order valence-corrected chi connectivity index (χ4v) is 3.60. The van der Waals surface area contributed by atoms with E-state index in [-0.39, 0.29) is 11.9 Å². The van der Waals surface area contributed by atoms with E-state index in [9.17, 15) is 4.79 Å². The second kappa shape index (κ2) is 8.11. The molecule has 1 amide bonds. The van der Waals surface area contributed by atoms with Crippen molar-refractivity contribution in [3.8, 4) is 0 Å². The molecule has 0 aromatic heterocycles. The van der Waals surface area contributed by atoms with E-state index < -0.39 is 0 Å². The van der Waals surface area contributed by atoms with Crippen LogP contribution >= 0.6 is 11.6 Å². The molecule has 26 heavy (non-hydrogen) atoms. The Labute approximate surface area is 160 Å². The summed E-state index contributed by atoms with van der Waals surface area (Å²) in [6, 6.07) is 13.5. The molecule has 1 fully saturated rings. The van der Waals surface area contributed by atoms with Gasteiger partial charge in [-0.1, -0.05) is 29.8 Å². The van der Waals surface area contributed by atoms with Crippen molar-refractivity contribution in [2.45, 2.75) is 26.8 Å². The Morgan fingerprint density at radius 3 is 2.46 bits per heavy atom. The third-order valence-corrected chi connectivity index (χ3v) is 5.49. The maximum Gasteiger partial charge on any atom is 0.241 e. The van der Waals surface area contributed by atoms with Crippen LogP contribution in [0, 0.1) is 13.8 Å². The minimum Gasteiger partial charge on any atom is -0.369 e. The second-order valence-electron chi connectivity index (χ2n) is 6.92. The summed E-state index contributed by atoms with van der Waals surface area (Å²) in [6.07, 6.45) is 0. The summed E-state index contributed by atoms with van der Waals surface area (Å²) in [5.74, 6) is 0.00690. The molecule has 2 aromatic rings. The minimum absolute atomic E-state index is 0.00690. The number of rotatable bonds is 4. The van der Waals surface area contributed by atoms with Crippen LogP contribution in [0.5, 0.6) is 0 Å². The Balaban J connectivity index is 1.58. The normalized spacial score (nSPS) is 16.4. The van der Waals surface area contributed by atoms with E-state index in [2.05, 4.69) is 47.2 Å². The number of amides is 1. The van der Waals surface area contributed by atoms with Crippen LogP contribution in [0.3, 0.4) is 0 Å². The zero-order chi connectivity index (χ0) is 18.7. The number of hydrogen-bond donors (Lipinski definition) is 1. The van der Waals surface area contributed by atoms with Gasteiger partial charge in [0.05, 0.1) is 6.04 Å². The number of carbonyl (C=O) groups excluding carboxylic acids is 1. The largest absolute Gasteiger partial charge is 0.369 e. The van der Waals surface area contributed by atoms with Gasteiger partial charge >= 0.3 is 0 Å². The predicted octanol–water partition coefficient (Wildman–Crippen LogP) is 4.11. The summed E-state index contributed by atoms with van der Waals surface area (Å²) in [6.45, 7) is 9.90. The van der Waals surface area contributed by atoms with Crippen LogP contribution in [0.1, 0.15) is 18.1 Å². The first-order valence-electron chi connectivity index (χ1n) is 9.07. The minimum atomic E-state index is -0.172. The first-order valence-corrected chi connectivity index (χ1v) is 9.45. The fourth-order valence-electron chi connectivity index (χ4n) is 3.41. The van der Waals surface area contributed by atoms with Gasteiger partial charge in [-0.15, -0.1) is 0 Å². The number of nitrogens with zero attached hydrogens (tertiary/aromatic N) is 2. The van der Waals surface area contributed by atoms with Gasteiger partial charge in [0.1, 0.15) is 0 Å². The van der Waals surface area contributed by atoms with Gasteiger partial charge in [-0.05, 0) is 56.2 Å². The quantitative estimate of drug-likeness (QED) is 0.878. The number of halogens is 1. The molecule has 0 radical (unpaired) electrons. The number of piperazine rings is 1. The lowest BCUT2D eigenvalue weighted by Gasteiger charge is -2.39. The fraction of sp³-hybridized carbons (Fsp3) is 0.381. The molecule has 1 heterocycles. The molecule has 3 rings (SSSR count). The van der Waals surface area contributed by atoms with Crippen molar-refractivity contribution >= 4 is 28.9 Å². The van der Waals surface area contributed by atoms with Gasteiger partial charge in [0, 0.05) is 42.6 Å². The van der Waals surface area contributed by atoms with Gasteiger partial charge in [0.25, 0.3) is 0 Å². The van der Waals surface area contributed by atoms with E-state index in [1.54, 1.807) is 12.1 Å². The molecule has 5 heteroatoms. The second-order valence-corrected chi connectivity index (χ2v) is 7.35. The number of anilines is 2. The lowest BCUT2D eigenvalue weighted by Crippen LogP contribution is -2.53. The molecule has 1 aliphatic rings. The van der Waals surface area contributed by atoms with Gasteiger partial charge < -0.3 is 10.2 Å². The van der Waals surface area contributed by atoms with Crippen LogP contribution in [0.2, 0.25) is 5.02 Å². The van der Waals surface area contributed by atoms with Crippen molar-refractivity contribution < 1.29 is 4.79 Å². The average molecular weight is 372 g/mol. The van der Waals surface area contributed by atoms with Crippen LogP contribution in [0.4, 0.5) is 11.4 Å². The van der Waals surface area contributed by atoms with Crippen molar-refractivity contribution in [1.29, 1.82) is 0 Å². The molecule has 138 valence electrons. The maximum atomic E-state index is 12.6. The Kier molecular flexibility index (Phi) is 5.84. The summed E-state index contributed by atoms with van der Waals surface area (Å²) in [5, 5.41) is 3.58. The molecule has 2 aromatic carbocycles. The number of aryl methyl sites for hydroxylation is 1. The van der Waals surface area contributed by atoms with Crippen molar-refractivity contribution in [3.63, 3.8) is 0 Å². The highest BCUT2D eigenvalue weighted by Crippen LogP contribution is 2.24.